The lowest BCUT2D eigenvalue weighted by atomic mass is 9.92. The maximum atomic E-state index is 9.06. The summed E-state index contributed by atoms with van der Waals surface area (Å²) in [6.07, 6.45) is 7.96. The van der Waals surface area contributed by atoms with Gasteiger partial charge in [-0.1, -0.05) is 48.1 Å². The molecule has 1 aromatic carbocycles. The predicted molar refractivity (Wildman–Crippen MR) is 63.0 cm³/mol. The van der Waals surface area contributed by atoms with Crippen molar-refractivity contribution in [1.82, 2.24) is 0 Å². The van der Waals surface area contributed by atoms with Crippen molar-refractivity contribution in [3.05, 3.63) is 47.0 Å². The Morgan fingerprint density at radius 3 is 2.47 bits per heavy atom. The molecule has 0 aromatic heterocycles. The third kappa shape index (κ3) is 1.85. The average Bonchev–Trinajstić information content (AvgIpc) is 2.40. The Balaban J connectivity index is 2.55. The van der Waals surface area contributed by atoms with Gasteiger partial charge in [0.15, 0.2) is 0 Å². The van der Waals surface area contributed by atoms with Crippen molar-refractivity contribution in [2.45, 2.75) is 13.8 Å². The van der Waals surface area contributed by atoms with E-state index in [0.29, 0.717) is 0 Å². The summed E-state index contributed by atoms with van der Waals surface area (Å²) in [5.41, 5.74) is 3.13. The quantitative estimate of drug-likeness (QED) is 0.621. The van der Waals surface area contributed by atoms with E-state index in [2.05, 4.69) is 31.2 Å². The highest BCUT2D eigenvalue weighted by Crippen LogP contribution is 2.27. The summed E-state index contributed by atoms with van der Waals surface area (Å²) in [6.45, 7) is 3.99. The molecule has 0 saturated heterocycles. The Hall–Kier alpha value is -1.81. The van der Waals surface area contributed by atoms with E-state index in [1.54, 1.807) is 0 Å². The van der Waals surface area contributed by atoms with Crippen LogP contribution in [0.3, 0.4) is 0 Å². The Kier molecular flexibility index (Phi) is 2.21. The largest absolute Gasteiger partial charge is 0.197 e. The summed E-state index contributed by atoms with van der Waals surface area (Å²) < 4.78 is 0. The molecule has 1 nitrogen and oxygen atoms in total. The third-order valence-electron chi connectivity index (χ3n) is 2.70. The maximum Gasteiger partial charge on any atom is 0.0912 e. The monoisotopic (exact) mass is 195 g/mol. The molecule has 0 fully saturated rings. The summed E-state index contributed by atoms with van der Waals surface area (Å²) in [5, 5.41) is 9.06. The molecule has 0 aliphatic heterocycles. The zero-order valence-corrected chi connectivity index (χ0v) is 8.99. The molecule has 0 amide bonds. The molecule has 0 heterocycles. The highest BCUT2D eigenvalue weighted by molar-refractivity contribution is 5.70. The molecule has 0 bridgehead atoms. The molecule has 0 radical (unpaired) electrons. The summed E-state index contributed by atoms with van der Waals surface area (Å²) in [5.74, 6) is 0. The van der Waals surface area contributed by atoms with E-state index in [9.17, 15) is 0 Å². The summed E-state index contributed by atoms with van der Waals surface area (Å²) >= 11 is 0. The van der Waals surface area contributed by atoms with Crippen LogP contribution in [0.1, 0.15) is 23.6 Å². The van der Waals surface area contributed by atoms with Gasteiger partial charge in [-0.05, 0) is 25.0 Å². The molecule has 0 saturated carbocycles. The number of allylic oxidation sites excluding steroid dienone is 2. The Bertz CT molecular complexity index is 489. The highest BCUT2D eigenvalue weighted by atomic mass is 14.3. The number of hydrogen-bond donors (Lipinski definition) is 0. The molecular weight excluding hydrogens is 182 g/mol. The van der Waals surface area contributed by atoms with Gasteiger partial charge in [0.1, 0.15) is 0 Å². The van der Waals surface area contributed by atoms with Crippen LogP contribution in [0.25, 0.3) is 12.2 Å². The SMILES string of the molecule is Cc1ccc2c(c1)C=CC(C)(C#N)C=C2. The van der Waals surface area contributed by atoms with Crippen LogP contribution in [-0.2, 0) is 0 Å². The molecule has 1 heteroatoms. The van der Waals surface area contributed by atoms with E-state index in [-0.39, 0.29) is 0 Å². The van der Waals surface area contributed by atoms with E-state index in [4.69, 9.17) is 5.26 Å². The lowest BCUT2D eigenvalue weighted by Gasteiger charge is -2.08. The van der Waals surface area contributed by atoms with E-state index in [1.165, 1.54) is 16.7 Å². The standard InChI is InChI=1S/C14H13N/c1-11-3-4-12-5-7-14(2,10-15)8-6-13(12)9-11/h3-9H,1-2H3. The number of aryl methyl sites for hydroxylation is 1. The van der Waals surface area contributed by atoms with Crippen molar-refractivity contribution in [3.8, 4) is 6.07 Å². The number of benzene rings is 1. The highest BCUT2D eigenvalue weighted by Gasteiger charge is 2.17. The molecule has 1 aromatic rings. The minimum Gasteiger partial charge on any atom is -0.197 e. The normalized spacial score (nSPS) is 23.0. The van der Waals surface area contributed by atoms with E-state index >= 15 is 0 Å². The van der Waals surface area contributed by atoms with E-state index in [1.807, 2.05) is 31.2 Å². The van der Waals surface area contributed by atoms with Crippen molar-refractivity contribution in [3.63, 3.8) is 0 Å². The molecule has 74 valence electrons. The van der Waals surface area contributed by atoms with Crippen molar-refractivity contribution in [1.29, 1.82) is 5.26 Å². The van der Waals surface area contributed by atoms with Gasteiger partial charge in [0.2, 0.25) is 0 Å². The first-order valence-corrected chi connectivity index (χ1v) is 5.03. The molecular formula is C14H13N. The minimum absolute atomic E-state index is 0.479. The number of hydrogen-bond acceptors (Lipinski definition) is 1. The minimum atomic E-state index is -0.479. The molecule has 15 heavy (non-hydrogen) atoms. The number of nitrogens with zero attached hydrogens (tertiary/aromatic N) is 1. The molecule has 1 atom stereocenters. The third-order valence-corrected chi connectivity index (χ3v) is 2.70. The van der Waals surface area contributed by atoms with Crippen molar-refractivity contribution in [2.24, 2.45) is 5.41 Å². The van der Waals surface area contributed by atoms with E-state index < -0.39 is 5.41 Å². The van der Waals surface area contributed by atoms with Crippen LogP contribution < -0.4 is 0 Å². The molecule has 1 aliphatic carbocycles. The zero-order valence-electron chi connectivity index (χ0n) is 8.99. The van der Waals surface area contributed by atoms with Gasteiger partial charge in [0.05, 0.1) is 11.5 Å². The molecule has 1 unspecified atom stereocenters. The van der Waals surface area contributed by atoms with Crippen LogP contribution in [-0.4, -0.2) is 0 Å². The topological polar surface area (TPSA) is 23.8 Å². The fourth-order valence-corrected chi connectivity index (χ4v) is 1.65. The van der Waals surface area contributed by atoms with Crippen LogP contribution in [0, 0.1) is 23.7 Å². The van der Waals surface area contributed by atoms with Crippen LogP contribution in [0.4, 0.5) is 0 Å². The summed E-state index contributed by atoms with van der Waals surface area (Å²) in [7, 11) is 0. The first-order chi connectivity index (χ1) is 7.13. The van der Waals surface area contributed by atoms with Crippen LogP contribution in [0.15, 0.2) is 30.4 Å². The van der Waals surface area contributed by atoms with Crippen LogP contribution >= 0.6 is 0 Å². The van der Waals surface area contributed by atoms with Crippen molar-refractivity contribution >= 4 is 12.2 Å². The first kappa shape index (κ1) is 9.73. The van der Waals surface area contributed by atoms with Gasteiger partial charge in [0.25, 0.3) is 0 Å². The van der Waals surface area contributed by atoms with Crippen molar-refractivity contribution in [2.75, 3.05) is 0 Å². The fraction of sp³-hybridized carbons (Fsp3) is 0.214. The smallest absolute Gasteiger partial charge is 0.0912 e. The van der Waals surface area contributed by atoms with Gasteiger partial charge in [-0.2, -0.15) is 5.26 Å². The fourth-order valence-electron chi connectivity index (χ4n) is 1.65. The van der Waals surface area contributed by atoms with E-state index in [0.717, 1.165) is 0 Å². The van der Waals surface area contributed by atoms with Gasteiger partial charge in [-0.25, -0.2) is 0 Å². The number of nitriles is 1. The molecule has 1 aliphatic rings. The lowest BCUT2D eigenvalue weighted by molar-refractivity contribution is 0.745. The summed E-state index contributed by atoms with van der Waals surface area (Å²) in [6, 6.07) is 8.62. The van der Waals surface area contributed by atoms with Crippen LogP contribution in [0.5, 0.6) is 0 Å². The second-order valence-electron chi connectivity index (χ2n) is 4.19. The van der Waals surface area contributed by atoms with Gasteiger partial charge >= 0.3 is 0 Å². The maximum absolute atomic E-state index is 9.06. The lowest BCUT2D eigenvalue weighted by Crippen LogP contribution is -2.03. The summed E-state index contributed by atoms with van der Waals surface area (Å²) in [4.78, 5) is 0. The molecule has 0 spiro atoms. The molecule has 2 rings (SSSR count). The Morgan fingerprint density at radius 2 is 1.80 bits per heavy atom. The van der Waals surface area contributed by atoms with Gasteiger partial charge in [-0.15, -0.1) is 0 Å². The van der Waals surface area contributed by atoms with Gasteiger partial charge in [0, 0.05) is 0 Å². The van der Waals surface area contributed by atoms with Crippen LogP contribution in [0.2, 0.25) is 0 Å². The second-order valence-corrected chi connectivity index (χ2v) is 4.19. The zero-order chi connectivity index (χ0) is 10.9. The second kappa shape index (κ2) is 3.40. The first-order valence-electron chi connectivity index (χ1n) is 5.03. The average molecular weight is 195 g/mol. The predicted octanol–water partition coefficient (Wildman–Crippen LogP) is 3.56. The van der Waals surface area contributed by atoms with Crippen molar-refractivity contribution < 1.29 is 0 Å². The Labute approximate surface area is 90.4 Å². The van der Waals surface area contributed by atoms with Gasteiger partial charge in [-0.3, -0.25) is 0 Å². The molecule has 0 N–H and O–H groups in total. The Morgan fingerprint density at radius 1 is 1.13 bits per heavy atom. The van der Waals surface area contributed by atoms with Gasteiger partial charge < -0.3 is 0 Å². The number of rotatable bonds is 0. The number of fused-ring (bicyclic) bond motifs is 1.